The third-order valence-corrected chi connectivity index (χ3v) is 3.41. The molecule has 1 saturated heterocycles. The smallest absolute Gasteiger partial charge is 0.258 e. The van der Waals surface area contributed by atoms with Gasteiger partial charge >= 0.3 is 0 Å². The standard InChI is InChI=1S/C17H16N2O3/c20-16-12-19(11-10-18-16)17(21)14-8-4-5-9-15(14)22-13-6-2-1-3-7-13/h1-9H,10-12H2,(H,18,20). The van der Waals surface area contributed by atoms with Crippen molar-refractivity contribution in [1.29, 1.82) is 0 Å². The molecule has 0 spiro atoms. The first kappa shape index (κ1) is 14.1. The monoisotopic (exact) mass is 296 g/mol. The number of benzene rings is 2. The number of rotatable bonds is 3. The van der Waals surface area contributed by atoms with Gasteiger partial charge < -0.3 is 15.0 Å². The van der Waals surface area contributed by atoms with Crippen molar-refractivity contribution >= 4 is 11.8 Å². The average molecular weight is 296 g/mol. The predicted octanol–water partition coefficient (Wildman–Crippen LogP) is 2.05. The van der Waals surface area contributed by atoms with Crippen LogP contribution in [0.1, 0.15) is 10.4 Å². The molecular weight excluding hydrogens is 280 g/mol. The van der Waals surface area contributed by atoms with Crippen molar-refractivity contribution in [3.05, 3.63) is 60.2 Å². The van der Waals surface area contributed by atoms with E-state index in [4.69, 9.17) is 4.74 Å². The zero-order chi connectivity index (χ0) is 15.4. The quantitative estimate of drug-likeness (QED) is 0.943. The fourth-order valence-corrected chi connectivity index (χ4v) is 2.33. The van der Waals surface area contributed by atoms with E-state index in [1.165, 1.54) is 4.90 Å². The highest BCUT2D eigenvalue weighted by Gasteiger charge is 2.24. The minimum absolute atomic E-state index is 0.0818. The highest BCUT2D eigenvalue weighted by atomic mass is 16.5. The van der Waals surface area contributed by atoms with Gasteiger partial charge in [0.2, 0.25) is 5.91 Å². The Morgan fingerprint density at radius 2 is 1.77 bits per heavy atom. The van der Waals surface area contributed by atoms with Crippen molar-refractivity contribution in [1.82, 2.24) is 10.2 Å². The molecule has 2 aromatic carbocycles. The van der Waals surface area contributed by atoms with Gasteiger partial charge in [0.05, 0.1) is 12.1 Å². The van der Waals surface area contributed by atoms with Crippen molar-refractivity contribution in [3.8, 4) is 11.5 Å². The molecule has 3 rings (SSSR count). The lowest BCUT2D eigenvalue weighted by molar-refractivity contribution is -0.123. The molecule has 22 heavy (non-hydrogen) atoms. The van der Waals surface area contributed by atoms with Gasteiger partial charge in [-0.05, 0) is 24.3 Å². The SMILES string of the molecule is O=C1CN(C(=O)c2ccccc2Oc2ccccc2)CCN1. The molecule has 1 fully saturated rings. The summed E-state index contributed by atoms with van der Waals surface area (Å²) in [5, 5.41) is 2.71. The lowest BCUT2D eigenvalue weighted by Crippen LogP contribution is -2.50. The van der Waals surface area contributed by atoms with Crippen molar-refractivity contribution < 1.29 is 14.3 Å². The van der Waals surface area contributed by atoms with Crippen molar-refractivity contribution in [2.75, 3.05) is 19.6 Å². The Labute approximate surface area is 128 Å². The van der Waals surface area contributed by atoms with Crippen LogP contribution in [0.5, 0.6) is 11.5 Å². The van der Waals surface area contributed by atoms with Crippen LogP contribution in [-0.4, -0.2) is 36.3 Å². The fraction of sp³-hybridized carbons (Fsp3) is 0.176. The molecule has 0 saturated carbocycles. The first-order chi connectivity index (χ1) is 10.7. The van der Waals surface area contributed by atoms with Crippen LogP contribution in [-0.2, 0) is 4.79 Å². The Morgan fingerprint density at radius 1 is 1.05 bits per heavy atom. The Kier molecular flexibility index (Phi) is 4.05. The van der Waals surface area contributed by atoms with Crippen molar-refractivity contribution in [2.24, 2.45) is 0 Å². The normalized spacial score (nSPS) is 14.4. The van der Waals surface area contributed by atoms with Gasteiger partial charge in [-0.1, -0.05) is 30.3 Å². The number of nitrogens with one attached hydrogen (secondary N) is 1. The second-order valence-corrected chi connectivity index (χ2v) is 4.99. The van der Waals surface area contributed by atoms with E-state index in [0.29, 0.717) is 30.2 Å². The number of hydrogen-bond donors (Lipinski definition) is 1. The minimum atomic E-state index is -0.193. The van der Waals surface area contributed by atoms with E-state index >= 15 is 0 Å². The third-order valence-electron chi connectivity index (χ3n) is 3.41. The summed E-state index contributed by atoms with van der Waals surface area (Å²) in [6.07, 6.45) is 0. The van der Waals surface area contributed by atoms with Gasteiger partial charge in [-0.3, -0.25) is 9.59 Å². The summed E-state index contributed by atoms with van der Waals surface area (Å²) in [6.45, 7) is 1.06. The molecule has 1 aliphatic heterocycles. The topological polar surface area (TPSA) is 58.6 Å². The molecule has 1 aliphatic rings. The van der Waals surface area contributed by atoms with Gasteiger partial charge in [0.15, 0.2) is 0 Å². The highest BCUT2D eigenvalue weighted by Crippen LogP contribution is 2.26. The number of nitrogens with zero attached hydrogens (tertiary/aromatic N) is 1. The maximum atomic E-state index is 12.6. The van der Waals surface area contributed by atoms with Crippen LogP contribution in [0.3, 0.4) is 0 Å². The molecule has 0 unspecified atom stereocenters. The van der Waals surface area contributed by atoms with Crippen LogP contribution in [0.25, 0.3) is 0 Å². The van der Waals surface area contributed by atoms with Crippen molar-refractivity contribution in [2.45, 2.75) is 0 Å². The van der Waals surface area contributed by atoms with Crippen LogP contribution in [0.4, 0.5) is 0 Å². The van der Waals surface area contributed by atoms with Crippen LogP contribution in [0, 0.1) is 0 Å². The fourth-order valence-electron chi connectivity index (χ4n) is 2.33. The predicted molar refractivity (Wildman–Crippen MR) is 81.9 cm³/mol. The number of amides is 2. The Hall–Kier alpha value is -2.82. The zero-order valence-corrected chi connectivity index (χ0v) is 12.0. The number of ether oxygens (including phenoxy) is 1. The zero-order valence-electron chi connectivity index (χ0n) is 12.0. The molecule has 5 heteroatoms. The van der Waals surface area contributed by atoms with Crippen LogP contribution < -0.4 is 10.1 Å². The van der Waals surface area contributed by atoms with Gasteiger partial charge in [0.1, 0.15) is 11.5 Å². The second kappa shape index (κ2) is 6.30. The first-order valence-corrected chi connectivity index (χ1v) is 7.12. The highest BCUT2D eigenvalue weighted by molar-refractivity contribution is 5.99. The molecular formula is C17H16N2O3. The van der Waals surface area contributed by atoms with E-state index in [1.807, 2.05) is 36.4 Å². The van der Waals surface area contributed by atoms with E-state index in [1.54, 1.807) is 18.2 Å². The molecule has 1 N–H and O–H groups in total. The lowest BCUT2D eigenvalue weighted by atomic mass is 10.1. The number of carbonyl (C=O) groups is 2. The molecule has 112 valence electrons. The van der Waals surface area contributed by atoms with E-state index in [0.717, 1.165) is 0 Å². The van der Waals surface area contributed by atoms with Gasteiger partial charge in [-0.25, -0.2) is 0 Å². The van der Waals surface area contributed by atoms with E-state index in [2.05, 4.69) is 5.32 Å². The van der Waals surface area contributed by atoms with Gasteiger partial charge in [-0.15, -0.1) is 0 Å². The van der Waals surface area contributed by atoms with Crippen LogP contribution >= 0.6 is 0 Å². The summed E-state index contributed by atoms with van der Waals surface area (Å²) in [7, 11) is 0. The van der Waals surface area contributed by atoms with Crippen LogP contribution in [0.2, 0.25) is 0 Å². The first-order valence-electron chi connectivity index (χ1n) is 7.12. The molecule has 1 heterocycles. The van der Waals surface area contributed by atoms with Crippen LogP contribution in [0.15, 0.2) is 54.6 Å². The molecule has 5 nitrogen and oxygen atoms in total. The summed E-state index contributed by atoms with van der Waals surface area (Å²) in [6, 6.07) is 16.4. The molecule has 0 bridgehead atoms. The molecule has 0 radical (unpaired) electrons. The molecule has 2 amide bonds. The van der Waals surface area contributed by atoms with Gasteiger partial charge in [0.25, 0.3) is 5.91 Å². The van der Waals surface area contributed by atoms with E-state index in [-0.39, 0.29) is 18.4 Å². The molecule has 0 aliphatic carbocycles. The summed E-state index contributed by atoms with van der Waals surface area (Å²) in [4.78, 5) is 25.6. The average Bonchev–Trinajstić information content (AvgIpc) is 2.56. The van der Waals surface area contributed by atoms with E-state index < -0.39 is 0 Å². The largest absolute Gasteiger partial charge is 0.457 e. The number of hydrogen-bond acceptors (Lipinski definition) is 3. The summed E-state index contributed by atoms with van der Waals surface area (Å²) >= 11 is 0. The maximum absolute atomic E-state index is 12.6. The maximum Gasteiger partial charge on any atom is 0.258 e. The van der Waals surface area contributed by atoms with E-state index in [9.17, 15) is 9.59 Å². The molecule has 2 aromatic rings. The summed E-state index contributed by atoms with van der Waals surface area (Å²) in [5.74, 6) is 0.825. The minimum Gasteiger partial charge on any atom is -0.457 e. The molecule has 0 aromatic heterocycles. The summed E-state index contributed by atoms with van der Waals surface area (Å²) in [5.41, 5.74) is 0.459. The van der Waals surface area contributed by atoms with Gasteiger partial charge in [-0.2, -0.15) is 0 Å². The lowest BCUT2D eigenvalue weighted by Gasteiger charge is -2.27. The Balaban J connectivity index is 1.84. The van der Waals surface area contributed by atoms with Gasteiger partial charge in [0, 0.05) is 13.1 Å². The third kappa shape index (κ3) is 3.09. The van der Waals surface area contributed by atoms with Crippen molar-refractivity contribution in [3.63, 3.8) is 0 Å². The number of carbonyl (C=O) groups excluding carboxylic acids is 2. The number of piperazine rings is 1. The second-order valence-electron chi connectivity index (χ2n) is 4.99. The molecule has 0 atom stereocenters. The number of para-hydroxylation sites is 2. The summed E-state index contributed by atoms with van der Waals surface area (Å²) < 4.78 is 5.80. The Morgan fingerprint density at radius 3 is 2.55 bits per heavy atom. The Bertz CT molecular complexity index is 685.